The largest absolute Gasteiger partial charge is 0.481 e. The van der Waals surface area contributed by atoms with Crippen molar-refractivity contribution >= 4 is 17.6 Å². The molecule has 0 aliphatic carbocycles. The highest BCUT2D eigenvalue weighted by atomic mass is 16.4. The molecule has 0 bridgehead atoms. The standard InChI is InChI=1S/C16H22N2O3/c1-17(2)14-7-5-13(6-8-14)16(21)18-9-3-4-12(11-18)10-15(19)20/h5-8,12H,3-4,9-11H2,1-2H3,(H,19,20). The van der Waals surface area contributed by atoms with Crippen LogP contribution in [0, 0.1) is 5.92 Å². The first-order valence-corrected chi connectivity index (χ1v) is 7.26. The molecule has 1 N–H and O–H groups in total. The van der Waals surface area contributed by atoms with E-state index in [2.05, 4.69) is 0 Å². The topological polar surface area (TPSA) is 60.9 Å². The van der Waals surface area contributed by atoms with Crippen LogP contribution >= 0.6 is 0 Å². The van der Waals surface area contributed by atoms with Crippen molar-refractivity contribution in [3.63, 3.8) is 0 Å². The van der Waals surface area contributed by atoms with Crippen molar-refractivity contribution in [2.75, 3.05) is 32.1 Å². The molecule has 1 heterocycles. The number of nitrogens with zero attached hydrogens (tertiary/aromatic N) is 2. The number of likely N-dealkylation sites (tertiary alicyclic amines) is 1. The molecule has 0 spiro atoms. The minimum Gasteiger partial charge on any atom is -0.481 e. The van der Waals surface area contributed by atoms with Crippen molar-refractivity contribution in [2.45, 2.75) is 19.3 Å². The molecule has 1 amide bonds. The number of hydrogen-bond acceptors (Lipinski definition) is 3. The number of piperidine rings is 1. The molecule has 1 saturated heterocycles. The first kappa shape index (κ1) is 15.4. The molecule has 0 saturated carbocycles. The highest BCUT2D eigenvalue weighted by molar-refractivity contribution is 5.94. The molecule has 21 heavy (non-hydrogen) atoms. The Kier molecular flexibility index (Phi) is 4.83. The van der Waals surface area contributed by atoms with Gasteiger partial charge in [-0.2, -0.15) is 0 Å². The van der Waals surface area contributed by atoms with Crippen LogP contribution in [0.1, 0.15) is 29.6 Å². The fraction of sp³-hybridized carbons (Fsp3) is 0.500. The van der Waals surface area contributed by atoms with Gasteiger partial charge in [0.05, 0.1) is 0 Å². The summed E-state index contributed by atoms with van der Waals surface area (Å²) in [6.45, 7) is 1.25. The third-order valence-corrected chi connectivity index (χ3v) is 3.90. The molecule has 1 aromatic carbocycles. The molecule has 1 fully saturated rings. The van der Waals surface area contributed by atoms with Crippen molar-refractivity contribution < 1.29 is 14.7 Å². The molecule has 5 heteroatoms. The zero-order valence-corrected chi connectivity index (χ0v) is 12.6. The third-order valence-electron chi connectivity index (χ3n) is 3.90. The van der Waals surface area contributed by atoms with Crippen molar-refractivity contribution in [3.8, 4) is 0 Å². The quantitative estimate of drug-likeness (QED) is 0.922. The van der Waals surface area contributed by atoms with Crippen LogP contribution in [0.5, 0.6) is 0 Å². The lowest BCUT2D eigenvalue weighted by Gasteiger charge is -2.32. The van der Waals surface area contributed by atoms with E-state index in [9.17, 15) is 9.59 Å². The average Bonchev–Trinajstić information content (AvgIpc) is 2.46. The van der Waals surface area contributed by atoms with Gasteiger partial charge in [-0.05, 0) is 43.0 Å². The van der Waals surface area contributed by atoms with Crippen LogP contribution in [0.4, 0.5) is 5.69 Å². The lowest BCUT2D eigenvalue weighted by Crippen LogP contribution is -2.40. The van der Waals surface area contributed by atoms with Gasteiger partial charge in [0.15, 0.2) is 0 Å². The molecule has 5 nitrogen and oxygen atoms in total. The Morgan fingerprint density at radius 2 is 1.95 bits per heavy atom. The highest BCUT2D eigenvalue weighted by Crippen LogP contribution is 2.22. The van der Waals surface area contributed by atoms with Gasteiger partial charge in [-0.1, -0.05) is 0 Å². The number of carbonyl (C=O) groups excluding carboxylic acids is 1. The second kappa shape index (κ2) is 6.61. The van der Waals surface area contributed by atoms with Gasteiger partial charge in [-0.3, -0.25) is 9.59 Å². The number of carbonyl (C=O) groups is 2. The maximum absolute atomic E-state index is 12.5. The summed E-state index contributed by atoms with van der Waals surface area (Å²) in [6, 6.07) is 7.51. The minimum atomic E-state index is -0.787. The van der Waals surface area contributed by atoms with Crippen LogP contribution in [0.15, 0.2) is 24.3 Å². The van der Waals surface area contributed by atoms with Crippen LogP contribution in [0.3, 0.4) is 0 Å². The van der Waals surface area contributed by atoms with Crippen LogP contribution in [0.25, 0.3) is 0 Å². The van der Waals surface area contributed by atoms with Crippen molar-refractivity contribution in [3.05, 3.63) is 29.8 Å². The predicted molar refractivity (Wildman–Crippen MR) is 81.6 cm³/mol. The Balaban J connectivity index is 2.03. The van der Waals surface area contributed by atoms with E-state index in [1.165, 1.54) is 0 Å². The van der Waals surface area contributed by atoms with E-state index >= 15 is 0 Å². The molecule has 1 aromatic rings. The van der Waals surface area contributed by atoms with Gasteiger partial charge in [0, 0.05) is 44.9 Å². The number of rotatable bonds is 4. The molecule has 0 aromatic heterocycles. The van der Waals surface area contributed by atoms with Gasteiger partial charge in [0.25, 0.3) is 5.91 Å². The number of carboxylic acid groups (broad SMARTS) is 1. The maximum atomic E-state index is 12.5. The predicted octanol–water partition coefficient (Wildman–Crippen LogP) is 2.08. The second-order valence-electron chi connectivity index (χ2n) is 5.80. The van der Waals surface area contributed by atoms with Crippen LogP contribution in [-0.4, -0.2) is 49.1 Å². The Bertz CT molecular complexity index is 511. The fourth-order valence-corrected chi connectivity index (χ4v) is 2.75. The Labute approximate surface area is 125 Å². The molecular formula is C16H22N2O3. The Morgan fingerprint density at radius 3 is 2.52 bits per heavy atom. The summed E-state index contributed by atoms with van der Waals surface area (Å²) in [7, 11) is 3.91. The van der Waals surface area contributed by atoms with Gasteiger partial charge in [-0.15, -0.1) is 0 Å². The average molecular weight is 290 g/mol. The first-order valence-electron chi connectivity index (χ1n) is 7.26. The van der Waals surface area contributed by atoms with Gasteiger partial charge in [-0.25, -0.2) is 0 Å². The van der Waals surface area contributed by atoms with E-state index in [4.69, 9.17) is 5.11 Å². The van der Waals surface area contributed by atoms with Gasteiger partial charge >= 0.3 is 5.97 Å². The monoisotopic (exact) mass is 290 g/mol. The van der Waals surface area contributed by atoms with Gasteiger partial charge in [0.2, 0.25) is 0 Å². The van der Waals surface area contributed by atoms with Crippen LogP contribution in [0.2, 0.25) is 0 Å². The zero-order valence-electron chi connectivity index (χ0n) is 12.6. The Morgan fingerprint density at radius 1 is 1.29 bits per heavy atom. The normalized spacial score (nSPS) is 18.4. The zero-order chi connectivity index (χ0) is 15.4. The fourth-order valence-electron chi connectivity index (χ4n) is 2.75. The number of aliphatic carboxylic acids is 1. The van der Waals surface area contributed by atoms with Crippen molar-refractivity contribution in [2.24, 2.45) is 5.92 Å². The minimum absolute atomic E-state index is 0.00426. The number of anilines is 1. The molecule has 2 rings (SSSR count). The van der Waals surface area contributed by atoms with E-state index in [1.807, 2.05) is 43.3 Å². The maximum Gasteiger partial charge on any atom is 0.303 e. The lowest BCUT2D eigenvalue weighted by molar-refractivity contribution is -0.138. The molecule has 1 aliphatic heterocycles. The highest BCUT2D eigenvalue weighted by Gasteiger charge is 2.25. The molecule has 114 valence electrons. The van der Waals surface area contributed by atoms with E-state index in [0.717, 1.165) is 18.5 Å². The van der Waals surface area contributed by atoms with E-state index in [0.29, 0.717) is 18.7 Å². The number of hydrogen-bond donors (Lipinski definition) is 1. The van der Waals surface area contributed by atoms with Crippen molar-refractivity contribution in [1.29, 1.82) is 0 Å². The molecule has 1 unspecified atom stereocenters. The molecular weight excluding hydrogens is 268 g/mol. The Hall–Kier alpha value is -2.04. The number of amides is 1. The molecule has 0 radical (unpaired) electrons. The van der Waals surface area contributed by atoms with Crippen molar-refractivity contribution in [1.82, 2.24) is 4.90 Å². The summed E-state index contributed by atoms with van der Waals surface area (Å²) in [5.41, 5.74) is 1.71. The van der Waals surface area contributed by atoms with Crippen LogP contribution < -0.4 is 4.90 Å². The second-order valence-corrected chi connectivity index (χ2v) is 5.80. The lowest BCUT2D eigenvalue weighted by atomic mass is 9.94. The number of benzene rings is 1. The van der Waals surface area contributed by atoms with E-state index < -0.39 is 5.97 Å². The summed E-state index contributed by atoms with van der Waals surface area (Å²) < 4.78 is 0. The number of carboxylic acids is 1. The summed E-state index contributed by atoms with van der Waals surface area (Å²) in [5, 5.41) is 8.88. The van der Waals surface area contributed by atoms with Gasteiger partial charge in [0.1, 0.15) is 0 Å². The molecule has 1 atom stereocenters. The van der Waals surface area contributed by atoms with E-state index in [1.54, 1.807) is 4.90 Å². The van der Waals surface area contributed by atoms with Gasteiger partial charge < -0.3 is 14.9 Å². The first-order chi connectivity index (χ1) is 9.97. The molecule has 1 aliphatic rings. The smallest absolute Gasteiger partial charge is 0.303 e. The summed E-state index contributed by atoms with van der Waals surface area (Å²) in [5.74, 6) is -0.721. The summed E-state index contributed by atoms with van der Waals surface area (Å²) >= 11 is 0. The summed E-state index contributed by atoms with van der Waals surface area (Å²) in [6.07, 6.45) is 1.90. The SMILES string of the molecule is CN(C)c1ccc(C(=O)N2CCCC(CC(=O)O)C2)cc1. The summed E-state index contributed by atoms with van der Waals surface area (Å²) in [4.78, 5) is 27.0. The van der Waals surface area contributed by atoms with Crippen LogP contribution in [-0.2, 0) is 4.79 Å². The third kappa shape index (κ3) is 3.97. The van der Waals surface area contributed by atoms with E-state index in [-0.39, 0.29) is 18.2 Å².